The number of aryl methyl sites for hydroxylation is 1. The van der Waals surface area contributed by atoms with E-state index in [1.54, 1.807) is 6.92 Å². The van der Waals surface area contributed by atoms with Gasteiger partial charge in [0, 0.05) is 5.56 Å². The van der Waals surface area contributed by atoms with Crippen LogP contribution in [0.4, 0.5) is 17.6 Å². The molecule has 0 fully saturated rings. The fraction of sp³-hybridized carbons (Fsp3) is 0.400. The van der Waals surface area contributed by atoms with E-state index in [0.717, 1.165) is 6.07 Å². The molecule has 0 radical (unpaired) electrons. The molecule has 0 saturated carbocycles. The maximum Gasteiger partial charge on any atom is 0.434 e. The average molecular weight is 383 g/mol. The van der Waals surface area contributed by atoms with E-state index in [1.165, 1.54) is 25.1 Å². The standard InChI is InChI=1S/C20H21F4NO2/c1-5-27-19(26)17-14(8-11(2)3)10-16(25-18(17)20(22,23)24)13-7-6-12(4)15(21)9-13/h6-7,9-11H,5,8H2,1-4H3. The van der Waals surface area contributed by atoms with Crippen LogP contribution in [0.2, 0.25) is 0 Å². The quantitative estimate of drug-likeness (QED) is 0.499. The van der Waals surface area contributed by atoms with Crippen LogP contribution < -0.4 is 0 Å². The van der Waals surface area contributed by atoms with E-state index in [9.17, 15) is 22.4 Å². The summed E-state index contributed by atoms with van der Waals surface area (Å²) in [6.07, 6.45) is -4.63. The maximum absolute atomic E-state index is 13.9. The molecule has 0 atom stereocenters. The van der Waals surface area contributed by atoms with Crippen LogP contribution in [0.25, 0.3) is 11.3 Å². The highest BCUT2D eigenvalue weighted by atomic mass is 19.4. The van der Waals surface area contributed by atoms with E-state index in [1.807, 2.05) is 13.8 Å². The summed E-state index contributed by atoms with van der Waals surface area (Å²) in [6.45, 7) is 6.68. The van der Waals surface area contributed by atoms with Crippen molar-refractivity contribution >= 4 is 5.97 Å². The highest BCUT2D eigenvalue weighted by molar-refractivity contribution is 5.93. The normalized spacial score (nSPS) is 11.7. The van der Waals surface area contributed by atoms with Gasteiger partial charge in [-0.15, -0.1) is 0 Å². The molecule has 146 valence electrons. The number of pyridine rings is 1. The molecule has 0 saturated heterocycles. The third kappa shape index (κ3) is 4.84. The Morgan fingerprint density at radius 2 is 1.89 bits per heavy atom. The zero-order valence-electron chi connectivity index (χ0n) is 15.6. The van der Waals surface area contributed by atoms with Crippen LogP contribution in [0, 0.1) is 18.7 Å². The lowest BCUT2D eigenvalue weighted by Gasteiger charge is -2.18. The predicted octanol–water partition coefficient (Wildman–Crippen LogP) is 5.59. The van der Waals surface area contributed by atoms with Crippen LogP contribution >= 0.6 is 0 Å². The zero-order valence-corrected chi connectivity index (χ0v) is 15.6. The van der Waals surface area contributed by atoms with E-state index >= 15 is 0 Å². The molecule has 27 heavy (non-hydrogen) atoms. The molecule has 3 nitrogen and oxygen atoms in total. The number of aromatic nitrogens is 1. The van der Waals surface area contributed by atoms with Crippen molar-refractivity contribution in [1.29, 1.82) is 0 Å². The van der Waals surface area contributed by atoms with Crippen molar-refractivity contribution in [3.8, 4) is 11.3 Å². The number of nitrogens with zero attached hydrogens (tertiary/aromatic N) is 1. The Bertz CT molecular complexity index is 845. The third-order valence-corrected chi connectivity index (χ3v) is 3.94. The lowest BCUT2D eigenvalue weighted by atomic mass is 9.94. The predicted molar refractivity (Wildman–Crippen MR) is 93.9 cm³/mol. The molecule has 0 aliphatic carbocycles. The summed E-state index contributed by atoms with van der Waals surface area (Å²) in [7, 11) is 0. The minimum absolute atomic E-state index is 0.00994. The molecular formula is C20H21F4NO2. The Balaban J connectivity index is 2.77. The number of esters is 1. The molecule has 0 unspecified atom stereocenters. The van der Waals surface area contributed by atoms with Gasteiger partial charge < -0.3 is 4.74 Å². The molecule has 0 bridgehead atoms. The first-order valence-corrected chi connectivity index (χ1v) is 8.59. The summed E-state index contributed by atoms with van der Waals surface area (Å²) in [5.41, 5.74) is -1.15. The number of benzene rings is 1. The van der Waals surface area contributed by atoms with Crippen molar-refractivity contribution < 1.29 is 27.1 Å². The molecule has 1 heterocycles. The van der Waals surface area contributed by atoms with Gasteiger partial charge in [-0.2, -0.15) is 13.2 Å². The van der Waals surface area contributed by atoms with Gasteiger partial charge in [0.15, 0.2) is 5.69 Å². The van der Waals surface area contributed by atoms with E-state index < -0.39 is 29.2 Å². The summed E-state index contributed by atoms with van der Waals surface area (Å²) >= 11 is 0. The molecule has 2 rings (SSSR count). The molecule has 1 aromatic carbocycles. The van der Waals surface area contributed by atoms with Crippen LogP contribution in [-0.2, 0) is 17.3 Å². The van der Waals surface area contributed by atoms with Crippen LogP contribution in [0.15, 0.2) is 24.3 Å². The van der Waals surface area contributed by atoms with Gasteiger partial charge in [-0.05, 0) is 49.4 Å². The topological polar surface area (TPSA) is 39.2 Å². The van der Waals surface area contributed by atoms with Crippen LogP contribution in [-0.4, -0.2) is 17.6 Å². The second kappa shape index (κ2) is 8.06. The highest BCUT2D eigenvalue weighted by Crippen LogP contribution is 2.36. The summed E-state index contributed by atoms with van der Waals surface area (Å²) in [5.74, 6) is -1.61. The van der Waals surface area contributed by atoms with Gasteiger partial charge in [0.2, 0.25) is 0 Å². The largest absolute Gasteiger partial charge is 0.462 e. The lowest BCUT2D eigenvalue weighted by Crippen LogP contribution is -2.21. The third-order valence-electron chi connectivity index (χ3n) is 3.94. The van der Waals surface area contributed by atoms with Crippen LogP contribution in [0.3, 0.4) is 0 Å². The van der Waals surface area contributed by atoms with Crippen molar-refractivity contribution in [2.24, 2.45) is 5.92 Å². The zero-order chi connectivity index (χ0) is 20.4. The Labute approximate surface area is 155 Å². The SMILES string of the molecule is CCOC(=O)c1c(CC(C)C)cc(-c2ccc(C)c(F)c2)nc1C(F)(F)F. The summed E-state index contributed by atoms with van der Waals surface area (Å²) < 4.78 is 59.7. The second-order valence-corrected chi connectivity index (χ2v) is 6.67. The first kappa shape index (κ1) is 20.9. The van der Waals surface area contributed by atoms with Crippen molar-refractivity contribution in [2.45, 2.75) is 40.3 Å². The minimum Gasteiger partial charge on any atom is -0.462 e. The fourth-order valence-corrected chi connectivity index (χ4v) is 2.73. The molecular weight excluding hydrogens is 362 g/mol. The molecule has 0 N–H and O–H groups in total. The Kier molecular flexibility index (Phi) is 6.23. The van der Waals surface area contributed by atoms with Crippen molar-refractivity contribution in [1.82, 2.24) is 4.98 Å². The van der Waals surface area contributed by atoms with Crippen LogP contribution in [0.1, 0.15) is 48.0 Å². The molecule has 0 spiro atoms. The number of carbonyl (C=O) groups is 1. The molecule has 0 aliphatic rings. The van der Waals surface area contributed by atoms with Gasteiger partial charge >= 0.3 is 12.1 Å². The summed E-state index contributed by atoms with van der Waals surface area (Å²) in [6, 6.07) is 5.53. The van der Waals surface area contributed by atoms with E-state index in [-0.39, 0.29) is 35.8 Å². The Hall–Kier alpha value is -2.44. The van der Waals surface area contributed by atoms with Crippen LogP contribution in [0.5, 0.6) is 0 Å². The van der Waals surface area contributed by atoms with Gasteiger partial charge in [-0.1, -0.05) is 26.0 Å². The van der Waals surface area contributed by atoms with Crippen molar-refractivity contribution in [2.75, 3.05) is 6.61 Å². The van der Waals surface area contributed by atoms with Crippen molar-refractivity contribution in [3.63, 3.8) is 0 Å². The van der Waals surface area contributed by atoms with Gasteiger partial charge in [-0.25, -0.2) is 14.2 Å². The van der Waals surface area contributed by atoms with Gasteiger partial charge in [-0.3, -0.25) is 0 Å². The number of ether oxygens (including phenoxy) is 1. The summed E-state index contributed by atoms with van der Waals surface area (Å²) in [5, 5.41) is 0. The van der Waals surface area contributed by atoms with Crippen molar-refractivity contribution in [3.05, 3.63) is 52.5 Å². The number of carbonyl (C=O) groups excluding carboxylic acids is 1. The van der Waals surface area contributed by atoms with Gasteiger partial charge in [0.1, 0.15) is 5.82 Å². The Morgan fingerprint density at radius 3 is 2.41 bits per heavy atom. The maximum atomic E-state index is 13.9. The molecule has 2 aromatic rings. The molecule has 0 amide bonds. The lowest BCUT2D eigenvalue weighted by molar-refractivity contribution is -0.141. The minimum atomic E-state index is -4.85. The second-order valence-electron chi connectivity index (χ2n) is 6.67. The molecule has 0 aliphatic heterocycles. The average Bonchev–Trinajstić information content (AvgIpc) is 2.55. The first-order chi connectivity index (χ1) is 12.5. The Morgan fingerprint density at radius 1 is 1.22 bits per heavy atom. The molecule has 1 aromatic heterocycles. The summed E-state index contributed by atoms with van der Waals surface area (Å²) in [4.78, 5) is 15.9. The van der Waals surface area contributed by atoms with E-state index in [2.05, 4.69) is 4.98 Å². The van der Waals surface area contributed by atoms with E-state index in [4.69, 9.17) is 4.74 Å². The number of hydrogen-bond acceptors (Lipinski definition) is 3. The number of rotatable bonds is 5. The van der Waals surface area contributed by atoms with Gasteiger partial charge in [0.05, 0.1) is 17.9 Å². The number of alkyl halides is 3. The highest BCUT2D eigenvalue weighted by Gasteiger charge is 2.40. The van der Waals surface area contributed by atoms with Gasteiger partial charge in [0.25, 0.3) is 0 Å². The molecule has 7 heteroatoms. The first-order valence-electron chi connectivity index (χ1n) is 8.59. The number of hydrogen-bond donors (Lipinski definition) is 0. The van der Waals surface area contributed by atoms with E-state index in [0.29, 0.717) is 5.56 Å². The number of halogens is 4. The smallest absolute Gasteiger partial charge is 0.434 e. The fourth-order valence-electron chi connectivity index (χ4n) is 2.73. The monoisotopic (exact) mass is 383 g/mol.